The van der Waals surface area contributed by atoms with Crippen molar-refractivity contribution in [2.24, 2.45) is 5.92 Å². The second-order valence-electron chi connectivity index (χ2n) is 8.33. The molecule has 2 unspecified atom stereocenters. The maximum atomic E-state index is 12.9. The van der Waals surface area contributed by atoms with E-state index in [-0.39, 0.29) is 11.9 Å². The summed E-state index contributed by atoms with van der Waals surface area (Å²) >= 11 is 6.24. The van der Waals surface area contributed by atoms with Gasteiger partial charge in [0.15, 0.2) is 15.3 Å². The van der Waals surface area contributed by atoms with Gasteiger partial charge in [0.1, 0.15) is 24.4 Å². The average Bonchev–Trinajstić information content (AvgIpc) is 2.97. The zero-order valence-corrected chi connectivity index (χ0v) is 18.8. The van der Waals surface area contributed by atoms with E-state index in [1.165, 1.54) is 0 Å². The third kappa shape index (κ3) is 5.61. The third-order valence-electron chi connectivity index (χ3n) is 5.82. The van der Waals surface area contributed by atoms with Crippen LogP contribution in [0.3, 0.4) is 0 Å². The summed E-state index contributed by atoms with van der Waals surface area (Å²) in [4.78, 5) is 14.9. The SMILES string of the molecule is CCC[C@@H]1C[C@@H](C(=O)NC(C(C)Cl)[C@H]2O[C@H](S(C)(=O)=O)[C@H](O)[C@@H](O)[C@H]2O)N(C)C1. The van der Waals surface area contributed by atoms with Crippen molar-refractivity contribution in [3.8, 4) is 0 Å². The molecule has 2 aliphatic heterocycles. The van der Waals surface area contributed by atoms with Crippen LogP contribution >= 0.6 is 11.6 Å². The van der Waals surface area contributed by atoms with E-state index in [0.717, 1.165) is 25.6 Å². The van der Waals surface area contributed by atoms with E-state index >= 15 is 0 Å². The van der Waals surface area contributed by atoms with Gasteiger partial charge in [-0.25, -0.2) is 8.42 Å². The topological polar surface area (TPSA) is 136 Å². The minimum atomic E-state index is -3.90. The van der Waals surface area contributed by atoms with Crippen molar-refractivity contribution in [2.75, 3.05) is 19.8 Å². The molecule has 11 heteroatoms. The molecule has 29 heavy (non-hydrogen) atoms. The van der Waals surface area contributed by atoms with Crippen molar-refractivity contribution in [3.63, 3.8) is 0 Å². The van der Waals surface area contributed by atoms with Crippen LogP contribution in [0.25, 0.3) is 0 Å². The summed E-state index contributed by atoms with van der Waals surface area (Å²) in [6.07, 6.45) is -2.88. The number of carbonyl (C=O) groups is 1. The van der Waals surface area contributed by atoms with Gasteiger partial charge >= 0.3 is 0 Å². The molecule has 2 aliphatic rings. The van der Waals surface area contributed by atoms with Gasteiger partial charge in [0, 0.05) is 12.8 Å². The van der Waals surface area contributed by atoms with Crippen LogP contribution in [0.4, 0.5) is 0 Å². The van der Waals surface area contributed by atoms with E-state index in [1.54, 1.807) is 6.92 Å². The van der Waals surface area contributed by atoms with Gasteiger partial charge in [-0.15, -0.1) is 11.6 Å². The Morgan fingerprint density at radius 2 is 1.90 bits per heavy atom. The van der Waals surface area contributed by atoms with E-state index in [2.05, 4.69) is 12.2 Å². The van der Waals surface area contributed by atoms with Crippen molar-refractivity contribution in [1.82, 2.24) is 10.2 Å². The van der Waals surface area contributed by atoms with Crippen molar-refractivity contribution in [1.29, 1.82) is 0 Å². The Morgan fingerprint density at radius 3 is 2.41 bits per heavy atom. The highest BCUT2D eigenvalue weighted by atomic mass is 35.5. The van der Waals surface area contributed by atoms with Crippen LogP contribution in [-0.2, 0) is 19.4 Å². The number of rotatable bonds is 7. The Kier molecular flexibility index (Phi) is 8.34. The highest BCUT2D eigenvalue weighted by molar-refractivity contribution is 7.91. The van der Waals surface area contributed by atoms with Crippen molar-refractivity contribution < 1.29 is 33.3 Å². The maximum absolute atomic E-state index is 12.9. The van der Waals surface area contributed by atoms with E-state index in [0.29, 0.717) is 12.3 Å². The lowest BCUT2D eigenvalue weighted by molar-refractivity contribution is -0.207. The molecular weight excluding hydrogens is 424 g/mol. The second kappa shape index (κ2) is 9.76. The van der Waals surface area contributed by atoms with Gasteiger partial charge in [-0.05, 0) is 32.7 Å². The standard InChI is InChI=1S/C18H33ClN2O7S/c1-5-6-10-7-11(21(3)8-10)17(25)20-12(9(2)19)16-14(23)13(22)15(24)18(28-16)29(4,26)27/h9-16,18,22-24H,5-8H2,1-4H3,(H,20,25)/t9?,10-,11+,12?,13+,14-,15-,16-,18-/m1/s1. The molecule has 0 aromatic carbocycles. The Balaban J connectivity index is 2.19. The smallest absolute Gasteiger partial charge is 0.237 e. The fourth-order valence-electron chi connectivity index (χ4n) is 4.27. The first-order chi connectivity index (χ1) is 13.4. The number of halogens is 1. The fourth-order valence-corrected chi connectivity index (χ4v) is 5.48. The number of sulfone groups is 1. The van der Waals surface area contributed by atoms with Crippen LogP contribution in [-0.4, -0.2) is 102 Å². The van der Waals surface area contributed by atoms with Crippen LogP contribution < -0.4 is 5.32 Å². The van der Waals surface area contributed by atoms with Gasteiger partial charge in [-0.2, -0.15) is 0 Å². The number of amides is 1. The van der Waals surface area contributed by atoms with E-state index in [4.69, 9.17) is 16.3 Å². The predicted molar refractivity (Wildman–Crippen MR) is 108 cm³/mol. The minimum absolute atomic E-state index is 0.295. The summed E-state index contributed by atoms with van der Waals surface area (Å²) in [6.45, 7) is 4.47. The average molecular weight is 457 g/mol. The fraction of sp³-hybridized carbons (Fsp3) is 0.944. The number of likely N-dealkylation sites (N-methyl/N-ethyl adjacent to an activating group) is 1. The first kappa shape index (κ1) is 24.8. The molecule has 2 fully saturated rings. The summed E-state index contributed by atoms with van der Waals surface area (Å²) < 4.78 is 29.4. The first-order valence-corrected chi connectivity index (χ1v) is 12.3. The molecule has 2 saturated heterocycles. The number of nitrogens with one attached hydrogen (secondary N) is 1. The third-order valence-corrected chi connectivity index (χ3v) is 7.33. The van der Waals surface area contributed by atoms with Gasteiger partial charge in [0.25, 0.3) is 0 Å². The lowest BCUT2D eigenvalue weighted by Gasteiger charge is -2.43. The second-order valence-corrected chi connectivity index (χ2v) is 11.1. The van der Waals surface area contributed by atoms with Crippen LogP contribution in [0.5, 0.6) is 0 Å². The van der Waals surface area contributed by atoms with Crippen LogP contribution in [0.2, 0.25) is 0 Å². The first-order valence-electron chi connectivity index (χ1n) is 9.91. The predicted octanol–water partition coefficient (Wildman–Crippen LogP) is -0.929. The van der Waals surface area contributed by atoms with E-state index in [9.17, 15) is 28.5 Å². The van der Waals surface area contributed by atoms with Gasteiger partial charge in [-0.1, -0.05) is 13.3 Å². The van der Waals surface area contributed by atoms with Crippen LogP contribution in [0, 0.1) is 5.92 Å². The van der Waals surface area contributed by atoms with Crippen molar-refractivity contribution in [3.05, 3.63) is 0 Å². The molecule has 0 aromatic rings. The number of likely N-dealkylation sites (tertiary alicyclic amines) is 1. The normalized spacial score (nSPS) is 38.6. The molecular formula is C18H33ClN2O7S. The molecule has 0 bridgehead atoms. The minimum Gasteiger partial charge on any atom is -0.388 e. The molecule has 4 N–H and O–H groups in total. The monoisotopic (exact) mass is 456 g/mol. The van der Waals surface area contributed by atoms with Gasteiger partial charge in [0.2, 0.25) is 5.91 Å². The number of hydrogen-bond donors (Lipinski definition) is 4. The summed E-state index contributed by atoms with van der Waals surface area (Å²) in [5.41, 5.74) is -1.73. The molecule has 2 rings (SSSR count). The largest absolute Gasteiger partial charge is 0.388 e. The summed E-state index contributed by atoms with van der Waals surface area (Å²) in [5, 5.41) is 32.6. The lowest BCUT2D eigenvalue weighted by Crippen LogP contribution is -2.66. The number of ether oxygens (including phenoxy) is 1. The van der Waals surface area contributed by atoms with Crippen LogP contribution in [0.15, 0.2) is 0 Å². The van der Waals surface area contributed by atoms with E-state index in [1.807, 2.05) is 11.9 Å². The number of carbonyl (C=O) groups excluding carboxylic acids is 1. The molecule has 0 spiro atoms. The highest BCUT2D eigenvalue weighted by Crippen LogP contribution is 2.29. The van der Waals surface area contributed by atoms with Gasteiger partial charge < -0.3 is 25.4 Å². The highest BCUT2D eigenvalue weighted by Gasteiger charge is 2.51. The number of aliphatic hydroxyl groups is 3. The Hall–Kier alpha value is -0.490. The Bertz CT molecular complexity index is 677. The van der Waals surface area contributed by atoms with Crippen molar-refractivity contribution in [2.45, 2.75) is 80.4 Å². The molecule has 170 valence electrons. The summed E-state index contributed by atoms with van der Waals surface area (Å²) in [6, 6.07) is -1.34. The molecule has 9 atom stereocenters. The molecule has 9 nitrogen and oxygen atoms in total. The quantitative estimate of drug-likeness (QED) is 0.361. The molecule has 2 heterocycles. The van der Waals surface area contributed by atoms with Gasteiger partial charge in [0.05, 0.1) is 17.5 Å². The lowest BCUT2D eigenvalue weighted by atomic mass is 9.92. The Morgan fingerprint density at radius 1 is 1.28 bits per heavy atom. The number of aliphatic hydroxyl groups excluding tert-OH is 3. The molecule has 0 radical (unpaired) electrons. The van der Waals surface area contributed by atoms with Crippen molar-refractivity contribution >= 4 is 27.3 Å². The number of hydrogen-bond acceptors (Lipinski definition) is 8. The number of alkyl halides is 1. The zero-order valence-electron chi connectivity index (χ0n) is 17.2. The molecule has 1 amide bonds. The maximum Gasteiger partial charge on any atom is 0.237 e. The molecule has 0 saturated carbocycles. The molecule has 0 aromatic heterocycles. The Labute approximate surface area is 177 Å². The summed E-state index contributed by atoms with van der Waals surface area (Å²) in [7, 11) is -2.03. The van der Waals surface area contributed by atoms with Crippen LogP contribution in [0.1, 0.15) is 33.1 Å². The van der Waals surface area contributed by atoms with E-state index < -0.39 is 51.1 Å². The number of nitrogens with zero attached hydrogens (tertiary/aromatic N) is 1. The summed E-state index contributed by atoms with van der Waals surface area (Å²) in [5.74, 6) is 0.117. The van der Waals surface area contributed by atoms with Gasteiger partial charge in [-0.3, -0.25) is 9.69 Å². The zero-order chi connectivity index (χ0) is 22.1. The molecule has 0 aliphatic carbocycles.